The molecule has 2 rings (SSSR count). The van der Waals surface area contributed by atoms with Gasteiger partial charge in [0.2, 0.25) is 0 Å². The molecule has 0 spiro atoms. The highest BCUT2D eigenvalue weighted by molar-refractivity contribution is 7.99. The molecular weight excluding hydrogens is 236 g/mol. The zero-order chi connectivity index (χ0) is 12.6. The van der Waals surface area contributed by atoms with Crippen LogP contribution in [0, 0.1) is 17.8 Å². The zero-order valence-corrected chi connectivity index (χ0v) is 11.5. The fraction of sp³-hybridized carbons (Fsp3) is 0.294. The third kappa shape index (κ3) is 4.13. The summed E-state index contributed by atoms with van der Waals surface area (Å²) < 4.78 is 0. The maximum Gasteiger partial charge on any atom is 0.0573 e. The number of allylic oxidation sites excluding steroid dienone is 4. The summed E-state index contributed by atoms with van der Waals surface area (Å²) in [5, 5.41) is 0. The van der Waals surface area contributed by atoms with E-state index in [2.05, 4.69) is 55.2 Å². The summed E-state index contributed by atoms with van der Waals surface area (Å²) in [5.74, 6) is 7.96. The molecule has 0 aliphatic heterocycles. The third-order valence-corrected chi connectivity index (χ3v) is 3.85. The summed E-state index contributed by atoms with van der Waals surface area (Å²) in [6.45, 7) is 2.23. The van der Waals surface area contributed by atoms with Gasteiger partial charge < -0.3 is 0 Å². The molecule has 0 unspecified atom stereocenters. The van der Waals surface area contributed by atoms with Crippen molar-refractivity contribution in [2.24, 2.45) is 5.92 Å². The van der Waals surface area contributed by atoms with Gasteiger partial charge in [-0.05, 0) is 36.4 Å². The Morgan fingerprint density at radius 1 is 1.11 bits per heavy atom. The molecule has 0 aromatic heterocycles. The van der Waals surface area contributed by atoms with Gasteiger partial charge in [0.1, 0.15) is 0 Å². The molecule has 0 saturated carbocycles. The highest BCUT2D eigenvalue weighted by Gasteiger charge is 1.97. The van der Waals surface area contributed by atoms with Gasteiger partial charge in [-0.25, -0.2) is 0 Å². The lowest BCUT2D eigenvalue weighted by atomic mass is 10.1. The molecule has 0 radical (unpaired) electrons. The van der Waals surface area contributed by atoms with Gasteiger partial charge >= 0.3 is 0 Å². The molecule has 0 amide bonds. The van der Waals surface area contributed by atoms with Crippen LogP contribution in [0.25, 0.3) is 0 Å². The van der Waals surface area contributed by atoms with E-state index in [1.54, 1.807) is 0 Å². The van der Waals surface area contributed by atoms with Crippen LogP contribution in [0.2, 0.25) is 0 Å². The van der Waals surface area contributed by atoms with Crippen molar-refractivity contribution in [3.8, 4) is 11.8 Å². The molecule has 1 heteroatoms. The smallest absolute Gasteiger partial charge is 0.0573 e. The second-order valence-corrected chi connectivity index (χ2v) is 5.46. The quantitative estimate of drug-likeness (QED) is 0.427. The van der Waals surface area contributed by atoms with Crippen molar-refractivity contribution in [2.75, 3.05) is 5.75 Å². The van der Waals surface area contributed by atoms with E-state index in [9.17, 15) is 0 Å². The molecule has 1 aliphatic rings. The monoisotopic (exact) mass is 254 g/mol. The molecule has 0 N–H and O–H groups in total. The number of hydrogen-bond acceptors (Lipinski definition) is 1. The fourth-order valence-electron chi connectivity index (χ4n) is 1.66. The largest absolute Gasteiger partial charge is 0.126 e. The molecule has 1 aromatic rings. The minimum atomic E-state index is 0.295. The molecule has 0 fully saturated rings. The maximum absolute atomic E-state index is 3.24. The van der Waals surface area contributed by atoms with E-state index in [0.717, 1.165) is 5.56 Å². The molecule has 0 saturated heterocycles. The predicted octanol–water partition coefficient (Wildman–Crippen LogP) is 4.67. The van der Waals surface area contributed by atoms with Crippen LogP contribution in [0.3, 0.4) is 0 Å². The van der Waals surface area contributed by atoms with Crippen LogP contribution in [0.1, 0.15) is 25.3 Å². The van der Waals surface area contributed by atoms with E-state index in [1.165, 1.54) is 23.5 Å². The van der Waals surface area contributed by atoms with Gasteiger partial charge in [0.15, 0.2) is 0 Å². The molecule has 0 heterocycles. The first-order valence-corrected chi connectivity index (χ1v) is 7.46. The average Bonchev–Trinajstić information content (AvgIpc) is 2.91. The lowest BCUT2D eigenvalue weighted by Gasteiger charge is -2.00. The molecule has 0 nitrogen and oxygen atoms in total. The second kappa shape index (κ2) is 7.13. The van der Waals surface area contributed by atoms with Crippen molar-refractivity contribution >= 4 is 11.8 Å². The van der Waals surface area contributed by atoms with Crippen molar-refractivity contribution in [1.29, 1.82) is 0 Å². The van der Waals surface area contributed by atoms with Crippen molar-refractivity contribution in [1.82, 2.24) is 0 Å². The number of rotatable bonds is 4. The summed E-state index contributed by atoms with van der Waals surface area (Å²) in [7, 11) is 0. The minimum absolute atomic E-state index is 0.295. The van der Waals surface area contributed by atoms with Crippen LogP contribution in [-0.2, 0) is 0 Å². The highest BCUT2D eigenvalue weighted by atomic mass is 32.2. The van der Waals surface area contributed by atoms with E-state index in [-0.39, 0.29) is 0 Å². The topological polar surface area (TPSA) is 0 Å². The lowest BCUT2D eigenvalue weighted by Crippen LogP contribution is -1.83. The van der Waals surface area contributed by atoms with Crippen molar-refractivity contribution in [2.45, 2.75) is 24.7 Å². The Balaban J connectivity index is 1.90. The van der Waals surface area contributed by atoms with Crippen LogP contribution < -0.4 is 0 Å². The van der Waals surface area contributed by atoms with Crippen LogP contribution in [0.5, 0.6) is 0 Å². The SMILES string of the molecule is CCCCSc1ccc(C#CC2C=CC=C2)cc1. The van der Waals surface area contributed by atoms with Gasteiger partial charge in [0, 0.05) is 10.5 Å². The van der Waals surface area contributed by atoms with Gasteiger partial charge in [-0.15, -0.1) is 11.8 Å². The summed E-state index contributed by atoms with van der Waals surface area (Å²) >= 11 is 1.93. The van der Waals surface area contributed by atoms with E-state index in [0.29, 0.717) is 5.92 Å². The Bertz CT molecular complexity index is 471. The number of hydrogen-bond donors (Lipinski definition) is 0. The average molecular weight is 254 g/mol. The van der Waals surface area contributed by atoms with Gasteiger partial charge in [0.05, 0.1) is 5.92 Å². The predicted molar refractivity (Wildman–Crippen MR) is 80.7 cm³/mol. The van der Waals surface area contributed by atoms with Crippen LogP contribution in [0.15, 0.2) is 53.5 Å². The van der Waals surface area contributed by atoms with Gasteiger partial charge in [-0.3, -0.25) is 0 Å². The van der Waals surface area contributed by atoms with Crippen LogP contribution >= 0.6 is 11.8 Å². The van der Waals surface area contributed by atoms with Crippen molar-refractivity contribution in [3.63, 3.8) is 0 Å². The summed E-state index contributed by atoms with van der Waals surface area (Å²) in [6.07, 6.45) is 10.9. The standard InChI is InChI=1S/C17H18S/c1-2-3-14-18-17-12-10-16(11-13-17)9-8-15-6-4-5-7-15/h4-7,10-13,15H,2-3,14H2,1H3. The first-order chi connectivity index (χ1) is 8.88. The minimum Gasteiger partial charge on any atom is -0.126 e. The normalized spacial score (nSPS) is 13.6. The summed E-state index contributed by atoms with van der Waals surface area (Å²) in [4.78, 5) is 1.34. The van der Waals surface area contributed by atoms with Gasteiger partial charge in [-0.2, -0.15) is 0 Å². The van der Waals surface area contributed by atoms with Crippen molar-refractivity contribution in [3.05, 3.63) is 54.1 Å². The van der Waals surface area contributed by atoms with E-state index in [1.807, 2.05) is 23.9 Å². The zero-order valence-electron chi connectivity index (χ0n) is 10.7. The number of unbranched alkanes of at least 4 members (excludes halogenated alkanes) is 1. The lowest BCUT2D eigenvalue weighted by molar-refractivity contribution is 0.896. The fourth-order valence-corrected chi connectivity index (χ4v) is 2.66. The van der Waals surface area contributed by atoms with Crippen LogP contribution in [0.4, 0.5) is 0 Å². The number of thioether (sulfide) groups is 1. The Morgan fingerprint density at radius 2 is 1.83 bits per heavy atom. The Kier molecular flexibility index (Phi) is 5.17. The third-order valence-electron chi connectivity index (χ3n) is 2.75. The highest BCUT2D eigenvalue weighted by Crippen LogP contribution is 2.19. The molecule has 1 aliphatic carbocycles. The van der Waals surface area contributed by atoms with Gasteiger partial charge in [0.25, 0.3) is 0 Å². The molecule has 18 heavy (non-hydrogen) atoms. The molecule has 1 aromatic carbocycles. The summed E-state index contributed by atoms with van der Waals surface area (Å²) in [6, 6.07) is 8.57. The number of benzene rings is 1. The van der Waals surface area contributed by atoms with E-state index >= 15 is 0 Å². The Morgan fingerprint density at radius 3 is 2.50 bits per heavy atom. The molecule has 92 valence electrons. The second-order valence-electron chi connectivity index (χ2n) is 4.29. The molecular formula is C17H18S. The first-order valence-electron chi connectivity index (χ1n) is 6.48. The first kappa shape index (κ1) is 13.1. The Hall–Kier alpha value is -1.39. The van der Waals surface area contributed by atoms with Crippen LogP contribution in [-0.4, -0.2) is 5.75 Å². The molecule has 0 atom stereocenters. The van der Waals surface area contributed by atoms with E-state index in [4.69, 9.17) is 0 Å². The maximum atomic E-state index is 3.24. The van der Waals surface area contributed by atoms with Crippen molar-refractivity contribution < 1.29 is 0 Å². The van der Waals surface area contributed by atoms with E-state index < -0.39 is 0 Å². The Labute approximate surface area is 114 Å². The van der Waals surface area contributed by atoms with Gasteiger partial charge in [-0.1, -0.05) is 49.5 Å². The molecule has 0 bridgehead atoms. The summed E-state index contributed by atoms with van der Waals surface area (Å²) in [5.41, 5.74) is 1.10.